The summed E-state index contributed by atoms with van der Waals surface area (Å²) >= 11 is 0. The van der Waals surface area contributed by atoms with E-state index in [0.29, 0.717) is 6.04 Å². The lowest BCUT2D eigenvalue weighted by Gasteiger charge is -2.32. The summed E-state index contributed by atoms with van der Waals surface area (Å²) in [5.74, 6) is 0. The largest absolute Gasteiger partial charge is 0.329 e. The molecule has 2 rings (SSSR count). The van der Waals surface area contributed by atoms with E-state index in [-0.39, 0.29) is 5.41 Å². The van der Waals surface area contributed by atoms with Crippen molar-refractivity contribution in [1.29, 1.82) is 0 Å². The molecule has 2 heteroatoms. The zero-order valence-corrected chi connectivity index (χ0v) is 11.0. The fourth-order valence-electron chi connectivity index (χ4n) is 2.38. The Hall–Kier alpha value is -1.57. The number of benzene rings is 1. The smallest absolute Gasteiger partial charge is 0.0951 e. The lowest BCUT2D eigenvalue weighted by Crippen LogP contribution is -2.24. The third kappa shape index (κ3) is 2.57. The van der Waals surface area contributed by atoms with Gasteiger partial charge in [-0.2, -0.15) is 0 Å². The molecule has 0 spiro atoms. The molecule has 0 saturated heterocycles. The Morgan fingerprint density at radius 1 is 1.24 bits per heavy atom. The Kier molecular flexibility index (Phi) is 3.05. The number of aromatic nitrogens is 2. The van der Waals surface area contributed by atoms with Gasteiger partial charge in [0.15, 0.2) is 0 Å². The van der Waals surface area contributed by atoms with Crippen LogP contribution >= 0.6 is 0 Å². The minimum Gasteiger partial charge on any atom is -0.329 e. The van der Waals surface area contributed by atoms with Gasteiger partial charge in [-0.25, -0.2) is 4.98 Å². The van der Waals surface area contributed by atoms with E-state index in [0.717, 1.165) is 0 Å². The summed E-state index contributed by atoms with van der Waals surface area (Å²) < 4.78 is 2.19. The van der Waals surface area contributed by atoms with Gasteiger partial charge in [0, 0.05) is 12.4 Å². The normalized spacial score (nSPS) is 13.6. The van der Waals surface area contributed by atoms with Crippen molar-refractivity contribution in [3.8, 4) is 0 Å². The Morgan fingerprint density at radius 2 is 2.00 bits per heavy atom. The second-order valence-electron chi connectivity index (χ2n) is 5.69. The molecule has 2 nitrogen and oxygen atoms in total. The van der Waals surface area contributed by atoms with Gasteiger partial charge < -0.3 is 4.57 Å². The molecular formula is C15H20N2. The number of hydrogen-bond donors (Lipinski definition) is 0. The van der Waals surface area contributed by atoms with Crippen LogP contribution in [0.2, 0.25) is 0 Å². The van der Waals surface area contributed by atoms with Gasteiger partial charge in [0.05, 0.1) is 12.4 Å². The van der Waals surface area contributed by atoms with Crippen LogP contribution in [0.1, 0.15) is 37.9 Å². The molecule has 0 N–H and O–H groups in total. The summed E-state index contributed by atoms with van der Waals surface area (Å²) in [6, 6.07) is 9.04. The third-order valence-corrected chi connectivity index (χ3v) is 3.00. The third-order valence-electron chi connectivity index (χ3n) is 3.00. The molecule has 0 amide bonds. The summed E-state index contributed by atoms with van der Waals surface area (Å²) in [4.78, 5) is 4.17. The van der Waals surface area contributed by atoms with Crippen molar-refractivity contribution in [2.75, 3.05) is 0 Å². The van der Waals surface area contributed by atoms with Gasteiger partial charge in [0.25, 0.3) is 0 Å². The standard InChI is InChI=1S/C15H20N2/c1-12-6-5-7-13(10-12)14(15(2,3)4)17-9-8-16-11-17/h5-11,14H,1-4H3. The molecule has 1 atom stereocenters. The van der Waals surface area contributed by atoms with Gasteiger partial charge in [0.1, 0.15) is 0 Å². The van der Waals surface area contributed by atoms with Crippen LogP contribution in [0.3, 0.4) is 0 Å². The van der Waals surface area contributed by atoms with Crippen LogP contribution in [0, 0.1) is 12.3 Å². The first-order valence-electron chi connectivity index (χ1n) is 6.02. The summed E-state index contributed by atoms with van der Waals surface area (Å²) in [5, 5.41) is 0. The molecule has 0 radical (unpaired) electrons. The highest BCUT2D eigenvalue weighted by molar-refractivity contribution is 5.27. The van der Waals surface area contributed by atoms with Crippen LogP contribution in [-0.4, -0.2) is 9.55 Å². The summed E-state index contributed by atoms with van der Waals surface area (Å²) in [6.07, 6.45) is 5.78. The minimum absolute atomic E-state index is 0.161. The Labute approximate surface area is 103 Å². The first kappa shape index (κ1) is 11.9. The molecule has 0 saturated carbocycles. The van der Waals surface area contributed by atoms with Crippen molar-refractivity contribution in [2.24, 2.45) is 5.41 Å². The first-order valence-corrected chi connectivity index (χ1v) is 6.02. The van der Waals surface area contributed by atoms with E-state index in [4.69, 9.17) is 0 Å². The van der Waals surface area contributed by atoms with Crippen molar-refractivity contribution in [2.45, 2.75) is 33.7 Å². The average molecular weight is 228 g/mol. The van der Waals surface area contributed by atoms with E-state index in [1.807, 2.05) is 18.7 Å². The number of hydrogen-bond acceptors (Lipinski definition) is 1. The van der Waals surface area contributed by atoms with Crippen molar-refractivity contribution < 1.29 is 0 Å². The second kappa shape index (κ2) is 4.36. The van der Waals surface area contributed by atoms with Gasteiger partial charge in [-0.15, -0.1) is 0 Å². The van der Waals surface area contributed by atoms with Gasteiger partial charge in [0.2, 0.25) is 0 Å². The fourth-order valence-corrected chi connectivity index (χ4v) is 2.38. The molecule has 90 valence electrons. The second-order valence-corrected chi connectivity index (χ2v) is 5.69. The summed E-state index contributed by atoms with van der Waals surface area (Å²) in [5.41, 5.74) is 2.81. The highest BCUT2D eigenvalue weighted by atomic mass is 15.1. The maximum absolute atomic E-state index is 4.17. The lowest BCUT2D eigenvalue weighted by atomic mass is 9.82. The highest BCUT2D eigenvalue weighted by Crippen LogP contribution is 2.36. The molecular weight excluding hydrogens is 208 g/mol. The molecule has 1 aromatic heterocycles. The zero-order chi connectivity index (χ0) is 12.5. The van der Waals surface area contributed by atoms with Gasteiger partial charge in [-0.05, 0) is 17.9 Å². The van der Waals surface area contributed by atoms with Gasteiger partial charge in [-0.1, -0.05) is 50.6 Å². The SMILES string of the molecule is Cc1cccc(C(n2ccnc2)C(C)(C)C)c1. The van der Waals surface area contributed by atoms with Crippen molar-refractivity contribution in [3.05, 3.63) is 54.1 Å². The predicted octanol–water partition coefficient (Wildman–Crippen LogP) is 3.83. The topological polar surface area (TPSA) is 17.8 Å². The van der Waals surface area contributed by atoms with Crippen LogP contribution in [0.25, 0.3) is 0 Å². The van der Waals surface area contributed by atoms with E-state index < -0.39 is 0 Å². The van der Waals surface area contributed by atoms with Gasteiger partial charge >= 0.3 is 0 Å². The van der Waals surface area contributed by atoms with Crippen LogP contribution in [0.4, 0.5) is 0 Å². The number of rotatable bonds is 2. The first-order chi connectivity index (χ1) is 7.98. The zero-order valence-electron chi connectivity index (χ0n) is 11.0. The molecule has 0 bridgehead atoms. The number of nitrogens with zero attached hydrogens (tertiary/aromatic N) is 2. The van der Waals surface area contributed by atoms with Gasteiger partial charge in [-0.3, -0.25) is 0 Å². The van der Waals surface area contributed by atoms with E-state index in [1.54, 1.807) is 0 Å². The molecule has 0 aliphatic carbocycles. The van der Waals surface area contributed by atoms with E-state index in [9.17, 15) is 0 Å². The minimum atomic E-state index is 0.161. The van der Waals surface area contributed by atoms with Crippen molar-refractivity contribution >= 4 is 0 Å². The molecule has 2 aromatic rings. The molecule has 1 aromatic carbocycles. The highest BCUT2D eigenvalue weighted by Gasteiger charge is 2.27. The van der Waals surface area contributed by atoms with Crippen LogP contribution in [0.15, 0.2) is 43.0 Å². The monoisotopic (exact) mass is 228 g/mol. The molecule has 1 heterocycles. The Morgan fingerprint density at radius 3 is 2.53 bits per heavy atom. The fraction of sp³-hybridized carbons (Fsp3) is 0.400. The van der Waals surface area contributed by atoms with E-state index in [2.05, 4.69) is 61.5 Å². The summed E-state index contributed by atoms with van der Waals surface area (Å²) in [6.45, 7) is 8.93. The van der Waals surface area contributed by atoms with E-state index in [1.165, 1.54) is 11.1 Å². The molecule has 0 aliphatic rings. The predicted molar refractivity (Wildman–Crippen MR) is 71.0 cm³/mol. The quantitative estimate of drug-likeness (QED) is 0.764. The maximum atomic E-state index is 4.17. The molecule has 0 aliphatic heterocycles. The van der Waals surface area contributed by atoms with E-state index >= 15 is 0 Å². The van der Waals surface area contributed by atoms with Crippen molar-refractivity contribution in [3.63, 3.8) is 0 Å². The van der Waals surface area contributed by atoms with Crippen LogP contribution in [0.5, 0.6) is 0 Å². The maximum Gasteiger partial charge on any atom is 0.0951 e. The van der Waals surface area contributed by atoms with Crippen LogP contribution in [-0.2, 0) is 0 Å². The van der Waals surface area contributed by atoms with Crippen LogP contribution < -0.4 is 0 Å². The lowest BCUT2D eigenvalue weighted by molar-refractivity contribution is 0.283. The average Bonchev–Trinajstić information content (AvgIpc) is 2.69. The van der Waals surface area contributed by atoms with Crippen molar-refractivity contribution in [1.82, 2.24) is 9.55 Å². The Balaban J connectivity index is 2.48. The summed E-state index contributed by atoms with van der Waals surface area (Å²) in [7, 11) is 0. The molecule has 1 unspecified atom stereocenters. The number of aryl methyl sites for hydroxylation is 1. The Bertz CT molecular complexity index is 478. The molecule has 17 heavy (non-hydrogen) atoms. The number of imidazole rings is 1. The molecule has 0 fully saturated rings.